The minimum atomic E-state index is -1.01. The number of ether oxygens (including phenoxy) is 1. The smallest absolute Gasteiger partial charge is 0.326 e. The van der Waals surface area contributed by atoms with Crippen LogP contribution in [-0.2, 0) is 14.3 Å². The predicted octanol–water partition coefficient (Wildman–Crippen LogP) is -1.35. The van der Waals surface area contributed by atoms with E-state index in [0.29, 0.717) is 13.0 Å². The first-order valence-electron chi connectivity index (χ1n) is 4.33. The van der Waals surface area contributed by atoms with Crippen LogP contribution in [0, 0.1) is 0 Å². The molecule has 1 fully saturated rings. The fourth-order valence-corrected chi connectivity index (χ4v) is 1.58. The van der Waals surface area contributed by atoms with E-state index in [1.807, 2.05) is 0 Å². The molecule has 0 aliphatic carbocycles. The molecule has 0 spiro atoms. The molecule has 0 bridgehead atoms. The quantitative estimate of drug-likeness (QED) is 0.590. The van der Waals surface area contributed by atoms with E-state index in [1.165, 1.54) is 12.0 Å². The number of carbonyl (C=O) groups excluding carboxylic acids is 1. The third kappa shape index (κ3) is 2.21. The summed E-state index contributed by atoms with van der Waals surface area (Å²) < 4.78 is 4.65. The van der Waals surface area contributed by atoms with Crippen molar-refractivity contribution in [2.75, 3.05) is 20.3 Å². The fraction of sp³-hybridized carbons (Fsp3) is 0.750. The van der Waals surface area contributed by atoms with E-state index in [2.05, 4.69) is 4.74 Å². The summed E-state index contributed by atoms with van der Waals surface area (Å²) in [5, 5.41) is 8.83. The number of rotatable bonds is 3. The first-order valence-corrected chi connectivity index (χ1v) is 4.33. The molecule has 2 unspecified atom stereocenters. The van der Waals surface area contributed by atoms with Crippen molar-refractivity contribution >= 4 is 11.9 Å². The van der Waals surface area contributed by atoms with Crippen LogP contribution in [0.1, 0.15) is 6.42 Å². The molecule has 1 rings (SSSR count). The second-order valence-corrected chi connectivity index (χ2v) is 3.33. The van der Waals surface area contributed by atoms with Crippen LogP contribution in [0.3, 0.4) is 0 Å². The number of nitrogens with zero attached hydrogens (tertiary/aromatic N) is 1. The van der Waals surface area contributed by atoms with E-state index >= 15 is 0 Å². The third-order valence-corrected chi connectivity index (χ3v) is 2.21. The van der Waals surface area contributed by atoms with Crippen LogP contribution < -0.4 is 5.73 Å². The van der Waals surface area contributed by atoms with E-state index in [1.54, 1.807) is 0 Å². The lowest BCUT2D eigenvalue weighted by atomic mass is 10.2. The number of nitrogens with two attached hydrogens (primary N) is 1. The van der Waals surface area contributed by atoms with Crippen LogP contribution in [0.15, 0.2) is 0 Å². The molecule has 6 heteroatoms. The molecule has 0 radical (unpaired) electrons. The molecule has 1 saturated heterocycles. The van der Waals surface area contributed by atoms with Crippen LogP contribution in [0.2, 0.25) is 0 Å². The number of carboxylic acid groups (broad SMARTS) is 1. The van der Waals surface area contributed by atoms with Crippen molar-refractivity contribution in [2.45, 2.75) is 18.5 Å². The Bertz CT molecular complexity index is 243. The lowest BCUT2D eigenvalue weighted by Crippen LogP contribution is -2.42. The van der Waals surface area contributed by atoms with Crippen molar-refractivity contribution in [1.29, 1.82) is 0 Å². The zero-order chi connectivity index (χ0) is 10.7. The van der Waals surface area contributed by atoms with Gasteiger partial charge in [-0.15, -0.1) is 0 Å². The molecule has 0 aromatic rings. The average Bonchev–Trinajstić information content (AvgIpc) is 2.48. The lowest BCUT2D eigenvalue weighted by Gasteiger charge is -2.20. The number of aliphatic carboxylic acids is 1. The number of hydrogen-bond acceptors (Lipinski definition) is 4. The monoisotopic (exact) mass is 202 g/mol. The highest BCUT2D eigenvalue weighted by Crippen LogP contribution is 2.16. The van der Waals surface area contributed by atoms with Crippen LogP contribution >= 0.6 is 0 Å². The van der Waals surface area contributed by atoms with E-state index < -0.39 is 12.0 Å². The highest BCUT2D eigenvalue weighted by molar-refractivity contribution is 5.85. The number of methoxy groups -OCH3 is 1. The van der Waals surface area contributed by atoms with Gasteiger partial charge in [-0.3, -0.25) is 4.79 Å². The van der Waals surface area contributed by atoms with Gasteiger partial charge in [0.2, 0.25) is 5.91 Å². The molecular weight excluding hydrogens is 188 g/mol. The summed E-state index contributed by atoms with van der Waals surface area (Å²) in [5.74, 6) is -1.34. The molecule has 1 aliphatic heterocycles. The first kappa shape index (κ1) is 10.9. The molecular formula is C8H14N2O4. The molecule has 1 amide bonds. The summed E-state index contributed by atoms with van der Waals surface area (Å²) >= 11 is 0. The van der Waals surface area contributed by atoms with Crippen molar-refractivity contribution in [1.82, 2.24) is 4.90 Å². The predicted molar refractivity (Wildman–Crippen MR) is 47.6 cm³/mol. The Morgan fingerprint density at radius 2 is 2.29 bits per heavy atom. The summed E-state index contributed by atoms with van der Waals surface area (Å²) in [7, 11) is 1.39. The van der Waals surface area contributed by atoms with E-state index in [9.17, 15) is 9.59 Å². The normalized spacial score (nSPS) is 26.6. The minimum absolute atomic E-state index is 0.101. The summed E-state index contributed by atoms with van der Waals surface area (Å²) in [4.78, 5) is 23.4. The maximum absolute atomic E-state index is 11.4. The first-order chi connectivity index (χ1) is 6.56. The average molecular weight is 202 g/mol. The minimum Gasteiger partial charge on any atom is -0.480 e. The fourth-order valence-electron chi connectivity index (χ4n) is 1.58. The molecule has 0 aromatic carbocycles. The van der Waals surface area contributed by atoms with Crippen molar-refractivity contribution in [3.05, 3.63) is 0 Å². The number of amides is 1. The lowest BCUT2D eigenvalue weighted by molar-refractivity contribution is -0.149. The largest absolute Gasteiger partial charge is 0.480 e. The van der Waals surface area contributed by atoms with Crippen molar-refractivity contribution in [2.24, 2.45) is 5.73 Å². The van der Waals surface area contributed by atoms with E-state index in [0.717, 1.165) is 0 Å². The molecule has 3 N–H and O–H groups in total. The Morgan fingerprint density at radius 3 is 2.79 bits per heavy atom. The molecule has 2 atom stereocenters. The second-order valence-electron chi connectivity index (χ2n) is 3.33. The maximum atomic E-state index is 11.4. The van der Waals surface area contributed by atoms with Crippen molar-refractivity contribution in [3.8, 4) is 0 Å². The van der Waals surface area contributed by atoms with Gasteiger partial charge in [-0.25, -0.2) is 4.79 Å². The van der Waals surface area contributed by atoms with Gasteiger partial charge < -0.3 is 20.5 Å². The van der Waals surface area contributed by atoms with Gasteiger partial charge >= 0.3 is 5.97 Å². The molecule has 1 heterocycles. The second kappa shape index (κ2) is 4.39. The summed E-state index contributed by atoms with van der Waals surface area (Å²) in [6.45, 7) is 0.190. The number of carboxylic acids is 1. The van der Waals surface area contributed by atoms with E-state index in [-0.39, 0.29) is 18.6 Å². The molecule has 0 saturated carbocycles. The number of carbonyl (C=O) groups is 2. The van der Waals surface area contributed by atoms with Crippen LogP contribution in [0.4, 0.5) is 0 Å². The van der Waals surface area contributed by atoms with Gasteiger partial charge in [0.05, 0.1) is 0 Å². The van der Waals surface area contributed by atoms with Gasteiger partial charge in [0.15, 0.2) is 0 Å². The van der Waals surface area contributed by atoms with E-state index in [4.69, 9.17) is 10.8 Å². The maximum Gasteiger partial charge on any atom is 0.326 e. The van der Waals surface area contributed by atoms with Crippen LogP contribution in [-0.4, -0.2) is 54.2 Å². The number of hydrogen-bond donors (Lipinski definition) is 2. The third-order valence-electron chi connectivity index (χ3n) is 2.21. The SMILES string of the molecule is COCC(=O)N1CC(N)CC1C(=O)O. The standard InChI is InChI=1S/C8H14N2O4/c1-14-4-7(11)10-3-5(9)2-6(10)8(12)13/h5-6H,2-4,9H2,1H3,(H,12,13). The molecule has 6 nitrogen and oxygen atoms in total. The van der Waals surface area contributed by atoms with Gasteiger partial charge in [-0.1, -0.05) is 0 Å². The van der Waals surface area contributed by atoms with Gasteiger partial charge in [-0.05, 0) is 6.42 Å². The summed E-state index contributed by atoms with van der Waals surface area (Å²) in [5.41, 5.74) is 5.59. The van der Waals surface area contributed by atoms with Gasteiger partial charge in [-0.2, -0.15) is 0 Å². The highest BCUT2D eigenvalue weighted by Gasteiger charge is 2.37. The molecule has 1 aliphatic rings. The van der Waals surface area contributed by atoms with Crippen molar-refractivity contribution < 1.29 is 19.4 Å². The number of likely N-dealkylation sites (tertiary alicyclic amines) is 1. The summed E-state index contributed by atoms with van der Waals surface area (Å²) in [6.07, 6.45) is 0.310. The van der Waals surface area contributed by atoms with Crippen molar-refractivity contribution in [3.63, 3.8) is 0 Å². The Balaban J connectivity index is 2.66. The van der Waals surface area contributed by atoms with Gasteiger partial charge in [0.1, 0.15) is 12.6 Å². The zero-order valence-electron chi connectivity index (χ0n) is 7.97. The Labute approximate surface area is 81.6 Å². The zero-order valence-corrected chi connectivity index (χ0v) is 7.97. The molecule has 80 valence electrons. The topological polar surface area (TPSA) is 92.9 Å². The van der Waals surface area contributed by atoms with Crippen LogP contribution in [0.25, 0.3) is 0 Å². The Morgan fingerprint density at radius 1 is 1.64 bits per heavy atom. The molecule has 14 heavy (non-hydrogen) atoms. The Kier molecular flexibility index (Phi) is 3.43. The van der Waals surface area contributed by atoms with Gasteiger partial charge in [0.25, 0.3) is 0 Å². The molecule has 0 aromatic heterocycles. The highest BCUT2D eigenvalue weighted by atomic mass is 16.5. The Hall–Kier alpha value is -1.14. The summed E-state index contributed by atoms with van der Waals surface area (Å²) in [6, 6.07) is -1.05. The van der Waals surface area contributed by atoms with Gasteiger partial charge in [0, 0.05) is 19.7 Å². The van der Waals surface area contributed by atoms with Crippen LogP contribution in [0.5, 0.6) is 0 Å².